The summed E-state index contributed by atoms with van der Waals surface area (Å²) < 4.78 is 0. The third-order valence-corrected chi connectivity index (χ3v) is 4.14. The van der Waals surface area contributed by atoms with Crippen LogP contribution in [0, 0.1) is 0 Å². The van der Waals surface area contributed by atoms with Crippen molar-refractivity contribution in [1.29, 1.82) is 0 Å². The van der Waals surface area contributed by atoms with Gasteiger partial charge in [0.15, 0.2) is 0 Å². The summed E-state index contributed by atoms with van der Waals surface area (Å²) in [5.41, 5.74) is 0.550. The number of aromatic amines is 1. The zero-order chi connectivity index (χ0) is 12.4. The van der Waals surface area contributed by atoms with Crippen molar-refractivity contribution in [2.45, 2.75) is 44.2 Å². The topological polar surface area (TPSA) is 61.0 Å². The molecule has 5 heteroatoms. The van der Waals surface area contributed by atoms with Gasteiger partial charge in [0.1, 0.15) is 5.69 Å². The van der Waals surface area contributed by atoms with Gasteiger partial charge in [-0.15, -0.1) is 0 Å². The minimum Gasteiger partial charge on any atom is -0.347 e. The van der Waals surface area contributed by atoms with Crippen molar-refractivity contribution in [1.82, 2.24) is 20.2 Å². The van der Waals surface area contributed by atoms with Gasteiger partial charge in [0.25, 0.3) is 5.91 Å². The van der Waals surface area contributed by atoms with Crippen LogP contribution >= 0.6 is 0 Å². The fraction of sp³-hybridized carbons (Fsp3) is 0.692. The smallest absolute Gasteiger partial charge is 0.269 e. The highest BCUT2D eigenvalue weighted by Crippen LogP contribution is 2.26. The van der Waals surface area contributed by atoms with Crippen LogP contribution in [-0.2, 0) is 0 Å². The van der Waals surface area contributed by atoms with Gasteiger partial charge in [0.05, 0.1) is 12.5 Å². The highest BCUT2D eigenvalue weighted by atomic mass is 16.2. The minimum absolute atomic E-state index is 0.0363. The van der Waals surface area contributed by atoms with Crippen LogP contribution in [0.2, 0.25) is 0 Å². The molecule has 1 saturated carbocycles. The van der Waals surface area contributed by atoms with Gasteiger partial charge in [0.2, 0.25) is 0 Å². The molecule has 0 aromatic carbocycles. The number of hydrogen-bond acceptors (Lipinski definition) is 3. The number of hydrogen-bond donors (Lipinski definition) is 2. The lowest BCUT2D eigenvalue weighted by atomic mass is 10.2. The van der Waals surface area contributed by atoms with E-state index in [4.69, 9.17) is 0 Å². The predicted molar refractivity (Wildman–Crippen MR) is 68.3 cm³/mol. The van der Waals surface area contributed by atoms with Gasteiger partial charge in [0, 0.05) is 25.2 Å². The van der Waals surface area contributed by atoms with E-state index in [1.807, 2.05) is 0 Å². The Kier molecular flexibility index (Phi) is 3.32. The quantitative estimate of drug-likeness (QED) is 0.843. The summed E-state index contributed by atoms with van der Waals surface area (Å²) in [6.07, 6.45) is 9.57. The summed E-state index contributed by atoms with van der Waals surface area (Å²) in [6, 6.07) is 1.06. The largest absolute Gasteiger partial charge is 0.347 e. The molecule has 2 N–H and O–H groups in total. The number of amides is 1. The normalized spacial score (nSPS) is 25.7. The maximum absolute atomic E-state index is 11.9. The van der Waals surface area contributed by atoms with Crippen LogP contribution in [0.25, 0.3) is 0 Å². The van der Waals surface area contributed by atoms with Crippen molar-refractivity contribution in [3.63, 3.8) is 0 Å². The fourth-order valence-electron chi connectivity index (χ4n) is 3.15. The fourth-order valence-corrected chi connectivity index (χ4v) is 3.15. The van der Waals surface area contributed by atoms with Crippen molar-refractivity contribution in [2.75, 3.05) is 13.1 Å². The molecule has 1 aromatic rings. The molecule has 5 nitrogen and oxygen atoms in total. The van der Waals surface area contributed by atoms with E-state index < -0.39 is 0 Å². The van der Waals surface area contributed by atoms with Crippen LogP contribution in [0.5, 0.6) is 0 Å². The molecule has 2 fully saturated rings. The van der Waals surface area contributed by atoms with E-state index >= 15 is 0 Å². The number of nitrogens with zero attached hydrogens (tertiary/aromatic N) is 2. The van der Waals surface area contributed by atoms with Crippen LogP contribution in [0.4, 0.5) is 0 Å². The first kappa shape index (κ1) is 11.7. The Labute approximate surface area is 107 Å². The van der Waals surface area contributed by atoms with Gasteiger partial charge < -0.3 is 10.3 Å². The van der Waals surface area contributed by atoms with Gasteiger partial charge in [-0.1, -0.05) is 12.8 Å². The Morgan fingerprint density at radius 1 is 1.39 bits per heavy atom. The number of nitrogens with one attached hydrogen (secondary N) is 2. The molecule has 0 bridgehead atoms. The number of rotatable bonds is 3. The first-order chi connectivity index (χ1) is 8.83. The van der Waals surface area contributed by atoms with E-state index in [9.17, 15) is 4.79 Å². The number of likely N-dealkylation sites (tertiary alicyclic amines) is 1. The van der Waals surface area contributed by atoms with Crippen molar-refractivity contribution < 1.29 is 4.79 Å². The third kappa shape index (κ3) is 2.41. The summed E-state index contributed by atoms with van der Waals surface area (Å²) in [4.78, 5) is 21.1. The lowest BCUT2D eigenvalue weighted by Gasteiger charge is -2.23. The standard InChI is InChI=1S/C13H20N4O/c18-13(12-7-14-9-15-12)16-10-5-6-17(8-10)11-3-1-2-4-11/h7,9-11H,1-6,8H2,(H,14,15)(H,16,18). The average molecular weight is 248 g/mol. The molecule has 3 rings (SSSR count). The zero-order valence-corrected chi connectivity index (χ0v) is 10.6. The van der Waals surface area contributed by atoms with Crippen LogP contribution in [0.1, 0.15) is 42.6 Å². The third-order valence-electron chi connectivity index (χ3n) is 4.14. The zero-order valence-electron chi connectivity index (χ0n) is 10.6. The summed E-state index contributed by atoms with van der Waals surface area (Å²) >= 11 is 0. The van der Waals surface area contributed by atoms with E-state index in [0.29, 0.717) is 11.7 Å². The number of carbonyl (C=O) groups excluding carboxylic acids is 1. The summed E-state index contributed by atoms with van der Waals surface area (Å²) in [5, 5.41) is 3.08. The SMILES string of the molecule is O=C(NC1CCN(C2CCCC2)C1)c1cnc[nH]1. The van der Waals surface area contributed by atoms with E-state index in [1.165, 1.54) is 32.0 Å². The van der Waals surface area contributed by atoms with Crippen LogP contribution in [0.15, 0.2) is 12.5 Å². The monoisotopic (exact) mass is 248 g/mol. The van der Waals surface area contributed by atoms with E-state index in [1.54, 1.807) is 6.20 Å². The second-order valence-electron chi connectivity index (χ2n) is 5.36. The molecule has 1 atom stereocenters. The Balaban J connectivity index is 1.51. The minimum atomic E-state index is -0.0363. The van der Waals surface area contributed by atoms with E-state index in [0.717, 1.165) is 25.6 Å². The molecular formula is C13H20N4O. The molecule has 1 aliphatic carbocycles. The lowest BCUT2D eigenvalue weighted by Crippen LogP contribution is -2.39. The second-order valence-corrected chi connectivity index (χ2v) is 5.36. The van der Waals surface area contributed by atoms with Gasteiger partial charge >= 0.3 is 0 Å². The van der Waals surface area contributed by atoms with Crippen molar-refractivity contribution in [3.05, 3.63) is 18.2 Å². The van der Waals surface area contributed by atoms with Crippen molar-refractivity contribution in [2.24, 2.45) is 0 Å². The first-order valence-corrected chi connectivity index (χ1v) is 6.86. The Morgan fingerprint density at radius 3 is 2.94 bits per heavy atom. The van der Waals surface area contributed by atoms with Crippen LogP contribution in [-0.4, -0.2) is 45.9 Å². The van der Waals surface area contributed by atoms with Crippen molar-refractivity contribution in [3.8, 4) is 0 Å². The molecule has 0 spiro atoms. The molecule has 1 aromatic heterocycles. The Hall–Kier alpha value is -1.36. The molecule has 1 amide bonds. The number of aromatic nitrogens is 2. The summed E-state index contributed by atoms with van der Waals surface area (Å²) in [5.74, 6) is -0.0363. The summed E-state index contributed by atoms with van der Waals surface area (Å²) in [7, 11) is 0. The van der Waals surface area contributed by atoms with Crippen LogP contribution in [0.3, 0.4) is 0 Å². The number of imidazole rings is 1. The summed E-state index contributed by atoms with van der Waals surface area (Å²) in [6.45, 7) is 2.13. The molecule has 2 aliphatic rings. The molecule has 1 aliphatic heterocycles. The Bertz CT molecular complexity index is 397. The molecular weight excluding hydrogens is 228 g/mol. The molecule has 1 unspecified atom stereocenters. The molecule has 2 heterocycles. The number of carbonyl (C=O) groups is 1. The molecule has 18 heavy (non-hydrogen) atoms. The van der Waals surface area contributed by atoms with E-state index in [2.05, 4.69) is 20.2 Å². The van der Waals surface area contributed by atoms with Gasteiger partial charge in [-0.2, -0.15) is 0 Å². The highest BCUT2D eigenvalue weighted by Gasteiger charge is 2.30. The van der Waals surface area contributed by atoms with Gasteiger partial charge in [-0.05, 0) is 19.3 Å². The predicted octanol–water partition coefficient (Wildman–Crippen LogP) is 1.16. The van der Waals surface area contributed by atoms with Gasteiger partial charge in [-0.3, -0.25) is 9.69 Å². The lowest BCUT2D eigenvalue weighted by molar-refractivity contribution is 0.0931. The molecule has 1 saturated heterocycles. The maximum Gasteiger partial charge on any atom is 0.269 e. The molecule has 0 radical (unpaired) electrons. The second kappa shape index (κ2) is 5.10. The highest BCUT2D eigenvalue weighted by molar-refractivity contribution is 5.92. The molecule has 98 valence electrons. The van der Waals surface area contributed by atoms with Crippen LogP contribution < -0.4 is 5.32 Å². The number of H-pyrrole nitrogens is 1. The first-order valence-electron chi connectivity index (χ1n) is 6.86. The van der Waals surface area contributed by atoms with Crippen molar-refractivity contribution >= 4 is 5.91 Å². The van der Waals surface area contributed by atoms with Gasteiger partial charge in [-0.25, -0.2) is 4.98 Å². The average Bonchev–Trinajstić information content (AvgIpc) is 3.12. The Morgan fingerprint density at radius 2 is 2.22 bits per heavy atom. The van der Waals surface area contributed by atoms with E-state index in [-0.39, 0.29) is 5.91 Å². The maximum atomic E-state index is 11.9.